The molecule has 0 amide bonds. The molecule has 1 fully saturated rings. The minimum Gasteiger partial charge on any atom is -0.506 e. The highest BCUT2D eigenvalue weighted by atomic mass is 19.4. The van der Waals surface area contributed by atoms with Gasteiger partial charge in [-0.3, -0.25) is 4.79 Å². The molecule has 1 aromatic heterocycles. The molecule has 7 nitrogen and oxygen atoms in total. The van der Waals surface area contributed by atoms with Crippen LogP contribution in [0.5, 0.6) is 5.75 Å². The lowest BCUT2D eigenvalue weighted by Gasteiger charge is -2.22. The Morgan fingerprint density at radius 2 is 1.88 bits per heavy atom. The van der Waals surface area contributed by atoms with Crippen molar-refractivity contribution in [1.82, 2.24) is 9.97 Å². The average molecular weight is 360 g/mol. The number of H-pyrrole nitrogens is 1. The highest BCUT2D eigenvalue weighted by Crippen LogP contribution is 2.32. The summed E-state index contributed by atoms with van der Waals surface area (Å²) in [4.78, 5) is 27.2. The summed E-state index contributed by atoms with van der Waals surface area (Å²) in [5.41, 5.74) is 1.13. The van der Waals surface area contributed by atoms with Crippen LogP contribution in [0.25, 0.3) is 10.9 Å². The normalized spacial score (nSPS) is 15.5. The minimum atomic E-state index is -5.08. The van der Waals surface area contributed by atoms with Crippen molar-refractivity contribution in [3.63, 3.8) is 0 Å². The molecule has 2 aromatic rings. The summed E-state index contributed by atoms with van der Waals surface area (Å²) in [6, 6.07) is 3.54. The molecule has 0 atom stereocenters. The van der Waals surface area contributed by atoms with Crippen LogP contribution in [0.4, 0.5) is 13.2 Å². The standard InChI is InChI=1S/C13H14N2O3.C2HF3O2/c16-11-6-9(8-1-3-18-4-2-8)5-10-12(11)14-7-15-13(10)17;3-2(4,5)1(6)7/h5-8,16H,1-4H2,(H,14,15,17);(H,6,7). The molecule has 136 valence electrons. The number of hydrogen-bond donors (Lipinski definition) is 3. The summed E-state index contributed by atoms with van der Waals surface area (Å²) in [5.74, 6) is -2.35. The maximum atomic E-state index is 11.7. The highest BCUT2D eigenvalue weighted by molar-refractivity contribution is 5.84. The van der Waals surface area contributed by atoms with Crippen LogP contribution in [0.3, 0.4) is 0 Å². The number of halogens is 3. The lowest BCUT2D eigenvalue weighted by atomic mass is 9.91. The van der Waals surface area contributed by atoms with Gasteiger partial charge in [0, 0.05) is 13.2 Å². The molecule has 1 aliphatic heterocycles. The zero-order valence-electron chi connectivity index (χ0n) is 12.8. The molecule has 25 heavy (non-hydrogen) atoms. The molecule has 3 rings (SSSR count). The number of phenolic OH excluding ortho intramolecular Hbond substituents is 1. The van der Waals surface area contributed by atoms with Gasteiger partial charge in [-0.2, -0.15) is 13.2 Å². The second kappa shape index (κ2) is 7.51. The van der Waals surface area contributed by atoms with E-state index in [9.17, 15) is 23.1 Å². The number of alkyl halides is 3. The van der Waals surface area contributed by atoms with E-state index in [4.69, 9.17) is 14.6 Å². The van der Waals surface area contributed by atoms with E-state index in [0.29, 0.717) is 16.8 Å². The van der Waals surface area contributed by atoms with Gasteiger partial charge in [0.15, 0.2) is 0 Å². The number of aromatic hydroxyl groups is 1. The molecule has 2 heterocycles. The SMILES string of the molecule is O=C(O)C(F)(F)F.O=c1[nH]cnc2c(O)cc(C3CCOCC3)cc12. The minimum absolute atomic E-state index is 0.0695. The van der Waals surface area contributed by atoms with Gasteiger partial charge in [0.2, 0.25) is 0 Å². The molecular formula is C15H15F3N2O5. The number of aliphatic carboxylic acids is 1. The number of phenols is 1. The molecule has 0 aliphatic carbocycles. The van der Waals surface area contributed by atoms with E-state index >= 15 is 0 Å². The molecule has 3 N–H and O–H groups in total. The number of carboxylic acids is 1. The third kappa shape index (κ3) is 4.69. The van der Waals surface area contributed by atoms with Crippen molar-refractivity contribution in [1.29, 1.82) is 0 Å². The van der Waals surface area contributed by atoms with Crippen molar-refractivity contribution < 1.29 is 32.9 Å². The van der Waals surface area contributed by atoms with E-state index < -0.39 is 12.1 Å². The molecular weight excluding hydrogens is 345 g/mol. The van der Waals surface area contributed by atoms with Crippen LogP contribution in [0.15, 0.2) is 23.3 Å². The van der Waals surface area contributed by atoms with Gasteiger partial charge in [-0.05, 0) is 36.5 Å². The van der Waals surface area contributed by atoms with E-state index in [1.807, 2.05) is 6.07 Å². The molecule has 1 aliphatic rings. The van der Waals surface area contributed by atoms with Crippen molar-refractivity contribution >= 4 is 16.9 Å². The summed E-state index contributed by atoms with van der Waals surface area (Å²) in [7, 11) is 0. The van der Waals surface area contributed by atoms with Gasteiger partial charge in [0.05, 0.1) is 11.7 Å². The fraction of sp³-hybridized carbons (Fsp3) is 0.400. The highest BCUT2D eigenvalue weighted by Gasteiger charge is 2.38. The maximum Gasteiger partial charge on any atom is 0.490 e. The number of aromatic amines is 1. The first-order chi connectivity index (χ1) is 11.7. The number of benzene rings is 1. The molecule has 1 aromatic carbocycles. The smallest absolute Gasteiger partial charge is 0.490 e. The second-order valence-electron chi connectivity index (χ2n) is 5.36. The van der Waals surface area contributed by atoms with E-state index in [1.54, 1.807) is 6.07 Å². The first-order valence-corrected chi connectivity index (χ1v) is 7.28. The predicted molar refractivity (Wildman–Crippen MR) is 80.5 cm³/mol. The number of fused-ring (bicyclic) bond motifs is 1. The Labute approximate surface area is 139 Å². The summed E-state index contributed by atoms with van der Waals surface area (Å²) in [6.45, 7) is 1.46. The quantitative estimate of drug-likeness (QED) is 0.718. The zero-order chi connectivity index (χ0) is 18.6. The van der Waals surface area contributed by atoms with Crippen molar-refractivity contribution in [2.75, 3.05) is 13.2 Å². The Morgan fingerprint density at radius 3 is 2.44 bits per heavy atom. The van der Waals surface area contributed by atoms with E-state index in [2.05, 4.69) is 9.97 Å². The number of carbonyl (C=O) groups is 1. The van der Waals surface area contributed by atoms with Gasteiger partial charge in [0.1, 0.15) is 11.3 Å². The van der Waals surface area contributed by atoms with Crippen LogP contribution in [0, 0.1) is 0 Å². The maximum absolute atomic E-state index is 11.7. The van der Waals surface area contributed by atoms with Crippen molar-refractivity contribution in [3.05, 3.63) is 34.4 Å². The Hall–Kier alpha value is -2.62. The first kappa shape index (κ1) is 18.7. The van der Waals surface area contributed by atoms with Crippen LogP contribution >= 0.6 is 0 Å². The number of nitrogens with one attached hydrogen (secondary N) is 1. The largest absolute Gasteiger partial charge is 0.506 e. The summed E-state index contributed by atoms with van der Waals surface area (Å²) >= 11 is 0. The lowest BCUT2D eigenvalue weighted by Crippen LogP contribution is -2.21. The molecule has 0 unspecified atom stereocenters. The second-order valence-corrected chi connectivity index (χ2v) is 5.36. The van der Waals surface area contributed by atoms with Crippen molar-refractivity contribution in [2.45, 2.75) is 24.9 Å². The fourth-order valence-electron chi connectivity index (χ4n) is 2.45. The number of aromatic nitrogens is 2. The monoisotopic (exact) mass is 360 g/mol. The lowest BCUT2D eigenvalue weighted by molar-refractivity contribution is -0.192. The summed E-state index contributed by atoms with van der Waals surface area (Å²) in [5, 5.41) is 17.5. The number of nitrogens with zero attached hydrogens (tertiary/aromatic N) is 1. The van der Waals surface area contributed by atoms with E-state index in [1.165, 1.54) is 6.33 Å². The van der Waals surface area contributed by atoms with Crippen LogP contribution in [0.2, 0.25) is 0 Å². The third-order valence-electron chi connectivity index (χ3n) is 3.68. The third-order valence-corrected chi connectivity index (χ3v) is 3.68. The van der Waals surface area contributed by atoms with Crippen LogP contribution in [0.1, 0.15) is 24.3 Å². The number of rotatable bonds is 1. The van der Waals surface area contributed by atoms with E-state index in [0.717, 1.165) is 31.6 Å². The predicted octanol–water partition coefficient (Wildman–Crippen LogP) is 2.16. The molecule has 10 heteroatoms. The molecule has 1 saturated heterocycles. The first-order valence-electron chi connectivity index (χ1n) is 7.28. The molecule has 0 radical (unpaired) electrons. The fourth-order valence-corrected chi connectivity index (χ4v) is 2.45. The van der Waals surface area contributed by atoms with Crippen molar-refractivity contribution in [3.8, 4) is 5.75 Å². The van der Waals surface area contributed by atoms with Gasteiger partial charge in [-0.15, -0.1) is 0 Å². The van der Waals surface area contributed by atoms with E-state index in [-0.39, 0.29) is 11.3 Å². The number of carboxylic acid groups (broad SMARTS) is 1. The average Bonchev–Trinajstić information content (AvgIpc) is 2.56. The Bertz CT molecular complexity index is 813. The number of hydrogen-bond acceptors (Lipinski definition) is 5. The summed E-state index contributed by atoms with van der Waals surface area (Å²) in [6.07, 6.45) is -1.94. The zero-order valence-corrected chi connectivity index (χ0v) is 12.8. The Balaban J connectivity index is 0.000000277. The topological polar surface area (TPSA) is 113 Å². The van der Waals surface area contributed by atoms with Gasteiger partial charge in [-0.25, -0.2) is 9.78 Å². The van der Waals surface area contributed by atoms with Crippen molar-refractivity contribution in [2.24, 2.45) is 0 Å². The number of ether oxygens (including phenoxy) is 1. The molecule has 0 bridgehead atoms. The van der Waals surface area contributed by atoms with Gasteiger partial charge in [-0.1, -0.05) is 0 Å². The van der Waals surface area contributed by atoms with Crippen LogP contribution in [-0.2, 0) is 9.53 Å². The Kier molecular flexibility index (Phi) is 5.62. The summed E-state index contributed by atoms with van der Waals surface area (Å²) < 4.78 is 37.1. The molecule has 0 saturated carbocycles. The van der Waals surface area contributed by atoms with Gasteiger partial charge >= 0.3 is 12.1 Å². The van der Waals surface area contributed by atoms with Crippen LogP contribution < -0.4 is 5.56 Å². The van der Waals surface area contributed by atoms with Gasteiger partial charge in [0.25, 0.3) is 5.56 Å². The molecule has 0 spiro atoms. The van der Waals surface area contributed by atoms with Crippen LogP contribution in [-0.4, -0.2) is 45.5 Å². The Morgan fingerprint density at radius 1 is 1.28 bits per heavy atom. The van der Waals surface area contributed by atoms with Gasteiger partial charge < -0.3 is 19.9 Å².